The fourth-order valence-electron chi connectivity index (χ4n) is 3.36. The van der Waals surface area contributed by atoms with Crippen LogP contribution in [0.5, 0.6) is 0 Å². The molecule has 0 bridgehead atoms. The molecule has 1 aliphatic rings. The van der Waals surface area contributed by atoms with Crippen molar-refractivity contribution in [1.29, 1.82) is 0 Å². The third kappa shape index (κ3) is 3.05. The molecule has 0 saturated carbocycles. The number of amides is 1. The Morgan fingerprint density at radius 1 is 1.24 bits per heavy atom. The van der Waals surface area contributed by atoms with Crippen LogP contribution in [0.1, 0.15) is 18.9 Å². The van der Waals surface area contributed by atoms with Crippen molar-refractivity contribution in [2.24, 2.45) is 0 Å². The number of fused-ring (bicyclic) bond motifs is 1. The van der Waals surface area contributed by atoms with Crippen molar-refractivity contribution in [3.63, 3.8) is 0 Å². The average Bonchev–Trinajstić information content (AvgIpc) is 3.19. The summed E-state index contributed by atoms with van der Waals surface area (Å²) in [6.07, 6.45) is 7.07. The summed E-state index contributed by atoms with van der Waals surface area (Å²) in [5.74, 6) is -0.0592. The molecule has 1 fully saturated rings. The van der Waals surface area contributed by atoms with E-state index in [1.807, 2.05) is 27.9 Å². The highest BCUT2D eigenvalue weighted by Crippen LogP contribution is 2.20. The van der Waals surface area contributed by atoms with Crippen molar-refractivity contribution in [3.05, 3.63) is 59.4 Å². The number of carbonyl (C=O) groups is 1. The Hall–Kier alpha value is -2.96. The van der Waals surface area contributed by atoms with Crippen molar-refractivity contribution in [3.8, 4) is 0 Å². The number of hydrogen-bond acceptors (Lipinski definition) is 4. The number of rotatable bonds is 3. The number of para-hydroxylation sites is 1. The standard InChI is InChI=1S/C18H19N5O2/c24-17(21-9-3-5-14(11-21)23-10-4-8-20-23)12-22-13-19-16-7-2-1-6-15(16)18(22)25/h1-2,4,6-8,10,13-14H,3,5,9,11-12H2. The maximum absolute atomic E-state index is 12.7. The molecule has 7 nitrogen and oxygen atoms in total. The maximum atomic E-state index is 12.7. The van der Waals surface area contributed by atoms with Crippen LogP contribution in [0.25, 0.3) is 10.9 Å². The van der Waals surface area contributed by atoms with E-state index >= 15 is 0 Å². The van der Waals surface area contributed by atoms with E-state index < -0.39 is 0 Å². The molecule has 2 aromatic heterocycles. The summed E-state index contributed by atoms with van der Waals surface area (Å²) in [6.45, 7) is 1.35. The van der Waals surface area contributed by atoms with E-state index in [2.05, 4.69) is 10.1 Å². The zero-order chi connectivity index (χ0) is 17.2. The quantitative estimate of drug-likeness (QED) is 0.725. The summed E-state index contributed by atoms with van der Waals surface area (Å²) in [7, 11) is 0. The van der Waals surface area contributed by atoms with Gasteiger partial charge < -0.3 is 4.90 Å². The summed E-state index contributed by atoms with van der Waals surface area (Å²) in [5.41, 5.74) is 0.465. The first kappa shape index (κ1) is 15.6. The van der Waals surface area contributed by atoms with Crippen LogP contribution in [0, 0.1) is 0 Å². The Morgan fingerprint density at radius 3 is 2.96 bits per heavy atom. The van der Waals surface area contributed by atoms with Crippen LogP contribution in [0.4, 0.5) is 0 Å². The number of aromatic nitrogens is 4. The monoisotopic (exact) mass is 337 g/mol. The van der Waals surface area contributed by atoms with Crippen molar-refractivity contribution in [2.45, 2.75) is 25.4 Å². The Bertz CT molecular complexity index is 948. The van der Waals surface area contributed by atoms with Gasteiger partial charge in [-0.25, -0.2) is 4.98 Å². The lowest BCUT2D eigenvalue weighted by Gasteiger charge is -2.33. The van der Waals surface area contributed by atoms with E-state index in [9.17, 15) is 9.59 Å². The average molecular weight is 337 g/mol. The summed E-state index contributed by atoms with van der Waals surface area (Å²) < 4.78 is 3.30. The Balaban J connectivity index is 1.52. The molecule has 1 amide bonds. The lowest BCUT2D eigenvalue weighted by molar-refractivity contribution is -0.133. The Labute approximate surface area is 144 Å². The lowest BCUT2D eigenvalue weighted by Crippen LogP contribution is -2.43. The predicted octanol–water partition coefficient (Wildman–Crippen LogP) is 1.46. The molecule has 3 heterocycles. The fourth-order valence-corrected chi connectivity index (χ4v) is 3.36. The molecule has 1 unspecified atom stereocenters. The van der Waals surface area contributed by atoms with Gasteiger partial charge in [0.2, 0.25) is 5.91 Å². The number of hydrogen-bond donors (Lipinski definition) is 0. The highest BCUT2D eigenvalue weighted by atomic mass is 16.2. The van der Waals surface area contributed by atoms with Crippen LogP contribution in [0.15, 0.2) is 53.8 Å². The first-order valence-electron chi connectivity index (χ1n) is 8.43. The van der Waals surface area contributed by atoms with Gasteiger partial charge in [-0.05, 0) is 31.0 Å². The molecule has 0 aliphatic carbocycles. The minimum absolute atomic E-state index is 0.0164. The number of piperidine rings is 1. The Kier molecular flexibility index (Phi) is 4.05. The first-order chi connectivity index (χ1) is 12.2. The van der Waals surface area contributed by atoms with Crippen LogP contribution < -0.4 is 5.56 Å². The summed E-state index contributed by atoms with van der Waals surface area (Å²) >= 11 is 0. The normalized spacial score (nSPS) is 17.8. The van der Waals surface area contributed by atoms with E-state index in [1.165, 1.54) is 10.9 Å². The molecule has 1 atom stereocenters. The van der Waals surface area contributed by atoms with Gasteiger partial charge in [0.15, 0.2) is 0 Å². The summed E-state index contributed by atoms with van der Waals surface area (Å²) in [5, 5.41) is 4.81. The molecule has 1 aromatic carbocycles. The van der Waals surface area contributed by atoms with Crippen LogP contribution in [-0.4, -0.2) is 43.2 Å². The van der Waals surface area contributed by atoms with Crippen molar-refractivity contribution in [2.75, 3.05) is 13.1 Å². The molecule has 0 N–H and O–H groups in total. The van der Waals surface area contributed by atoms with Crippen LogP contribution in [-0.2, 0) is 11.3 Å². The van der Waals surface area contributed by atoms with Crippen molar-refractivity contribution in [1.82, 2.24) is 24.2 Å². The van der Waals surface area contributed by atoms with E-state index in [4.69, 9.17) is 0 Å². The zero-order valence-corrected chi connectivity index (χ0v) is 13.8. The predicted molar refractivity (Wildman–Crippen MR) is 93.1 cm³/mol. The van der Waals surface area contributed by atoms with Crippen molar-refractivity contribution < 1.29 is 4.79 Å². The van der Waals surface area contributed by atoms with Crippen molar-refractivity contribution >= 4 is 16.8 Å². The highest BCUT2D eigenvalue weighted by Gasteiger charge is 2.25. The third-order valence-corrected chi connectivity index (χ3v) is 4.69. The second-order valence-corrected chi connectivity index (χ2v) is 6.32. The Morgan fingerprint density at radius 2 is 2.12 bits per heavy atom. The third-order valence-electron chi connectivity index (χ3n) is 4.69. The van der Waals surface area contributed by atoms with E-state index in [0.29, 0.717) is 24.0 Å². The fraction of sp³-hybridized carbons (Fsp3) is 0.333. The minimum atomic E-state index is -0.181. The summed E-state index contributed by atoms with van der Waals surface area (Å²) in [4.78, 5) is 31.3. The van der Waals surface area contributed by atoms with E-state index in [-0.39, 0.29) is 24.1 Å². The smallest absolute Gasteiger partial charge is 0.261 e. The number of likely N-dealkylation sites (tertiary alicyclic amines) is 1. The maximum Gasteiger partial charge on any atom is 0.261 e. The number of carbonyl (C=O) groups excluding carboxylic acids is 1. The van der Waals surface area contributed by atoms with Gasteiger partial charge in [0.1, 0.15) is 6.54 Å². The molecule has 128 valence electrons. The SMILES string of the molecule is O=C(Cn1cnc2ccccc2c1=O)N1CCCC(n2cccn2)C1. The number of nitrogens with zero attached hydrogens (tertiary/aromatic N) is 5. The second kappa shape index (κ2) is 6.51. The highest BCUT2D eigenvalue weighted by molar-refractivity contribution is 5.79. The van der Waals surface area contributed by atoms with Gasteiger partial charge in [-0.1, -0.05) is 12.1 Å². The van der Waals surface area contributed by atoms with Gasteiger partial charge in [0, 0.05) is 25.5 Å². The van der Waals surface area contributed by atoms with Gasteiger partial charge in [0.25, 0.3) is 5.56 Å². The molecule has 4 rings (SSSR count). The second-order valence-electron chi connectivity index (χ2n) is 6.32. The molecule has 7 heteroatoms. The zero-order valence-electron chi connectivity index (χ0n) is 13.8. The van der Waals surface area contributed by atoms with Gasteiger partial charge in [0.05, 0.1) is 23.3 Å². The van der Waals surface area contributed by atoms with Gasteiger partial charge in [-0.2, -0.15) is 5.10 Å². The lowest BCUT2D eigenvalue weighted by atomic mass is 10.1. The molecule has 25 heavy (non-hydrogen) atoms. The number of benzene rings is 1. The van der Waals surface area contributed by atoms with Gasteiger partial charge >= 0.3 is 0 Å². The van der Waals surface area contributed by atoms with Crippen LogP contribution >= 0.6 is 0 Å². The minimum Gasteiger partial charge on any atom is -0.339 e. The molecular weight excluding hydrogens is 318 g/mol. The molecule has 3 aromatic rings. The molecule has 0 spiro atoms. The van der Waals surface area contributed by atoms with Crippen LogP contribution in [0.3, 0.4) is 0 Å². The summed E-state index contributed by atoms with van der Waals surface area (Å²) in [6, 6.07) is 9.26. The largest absolute Gasteiger partial charge is 0.339 e. The van der Waals surface area contributed by atoms with Gasteiger partial charge in [-0.15, -0.1) is 0 Å². The van der Waals surface area contributed by atoms with Gasteiger partial charge in [-0.3, -0.25) is 18.8 Å². The molecule has 1 aliphatic heterocycles. The first-order valence-corrected chi connectivity index (χ1v) is 8.43. The van der Waals surface area contributed by atoms with E-state index in [1.54, 1.807) is 24.4 Å². The topological polar surface area (TPSA) is 73.0 Å². The molecular formula is C18H19N5O2. The van der Waals surface area contributed by atoms with Crippen LogP contribution in [0.2, 0.25) is 0 Å². The van der Waals surface area contributed by atoms with E-state index in [0.717, 1.165) is 12.8 Å². The molecule has 0 radical (unpaired) electrons. The molecule has 1 saturated heterocycles.